The molecule has 0 aliphatic rings. The Hall–Kier alpha value is -2.64. The van der Waals surface area contributed by atoms with Crippen LogP contribution in [0.4, 0.5) is 5.69 Å². The van der Waals surface area contributed by atoms with E-state index in [4.69, 9.17) is 5.73 Å². The molecule has 0 fully saturated rings. The molecular formula is C17H17N3O. The van der Waals surface area contributed by atoms with Crippen LogP contribution in [0.25, 0.3) is 0 Å². The highest BCUT2D eigenvalue weighted by Gasteiger charge is 2.07. The van der Waals surface area contributed by atoms with Gasteiger partial charge in [0.2, 0.25) is 0 Å². The average Bonchev–Trinajstić information content (AvgIpc) is 2.53. The molecule has 0 unspecified atom stereocenters. The number of hydrogen-bond donors (Lipinski definition) is 2. The van der Waals surface area contributed by atoms with Gasteiger partial charge in [-0.15, -0.1) is 0 Å². The normalized spacial score (nSPS) is 9.62. The van der Waals surface area contributed by atoms with E-state index in [0.717, 1.165) is 17.7 Å². The Morgan fingerprint density at radius 2 is 2.19 bits per heavy atom. The monoisotopic (exact) mass is 279 g/mol. The predicted octanol–water partition coefficient (Wildman–Crippen LogP) is 2.21. The molecule has 0 saturated heterocycles. The first kappa shape index (κ1) is 14.8. The van der Waals surface area contributed by atoms with Crippen LogP contribution in [0.5, 0.6) is 0 Å². The van der Waals surface area contributed by atoms with Crippen LogP contribution < -0.4 is 11.1 Å². The van der Waals surface area contributed by atoms with E-state index in [1.165, 1.54) is 5.56 Å². The molecule has 0 bridgehead atoms. The first-order valence-corrected chi connectivity index (χ1v) is 6.78. The number of aryl methyl sites for hydroxylation is 1. The van der Waals surface area contributed by atoms with E-state index < -0.39 is 0 Å². The zero-order valence-corrected chi connectivity index (χ0v) is 11.9. The summed E-state index contributed by atoms with van der Waals surface area (Å²) in [6, 6.07) is 11.2. The van der Waals surface area contributed by atoms with Crippen LogP contribution in [0.3, 0.4) is 0 Å². The Morgan fingerprint density at radius 3 is 2.86 bits per heavy atom. The molecule has 1 amide bonds. The Bertz CT molecular complexity index is 681. The number of nitrogens with two attached hydrogens (primary N) is 1. The summed E-state index contributed by atoms with van der Waals surface area (Å²) in [6.45, 7) is 2.37. The standard InChI is InChI=1S/C17H17N3O/c1-2-13-5-3-7-15(11-13)20-17(21)16-9-8-14(12-19-16)6-4-10-18/h3,5,7-9,11-12H,2,10,18H2,1H3,(H,20,21). The predicted molar refractivity (Wildman–Crippen MR) is 83.9 cm³/mol. The van der Waals surface area contributed by atoms with Crippen molar-refractivity contribution in [2.75, 3.05) is 11.9 Å². The lowest BCUT2D eigenvalue weighted by Gasteiger charge is -2.06. The van der Waals surface area contributed by atoms with Gasteiger partial charge >= 0.3 is 0 Å². The zero-order valence-electron chi connectivity index (χ0n) is 11.9. The lowest BCUT2D eigenvalue weighted by molar-refractivity contribution is 0.102. The van der Waals surface area contributed by atoms with E-state index >= 15 is 0 Å². The van der Waals surface area contributed by atoms with E-state index in [-0.39, 0.29) is 5.91 Å². The van der Waals surface area contributed by atoms with Crippen LogP contribution in [0.2, 0.25) is 0 Å². The van der Waals surface area contributed by atoms with Gasteiger partial charge in [0.1, 0.15) is 5.69 Å². The third-order valence-electron chi connectivity index (χ3n) is 2.92. The minimum absolute atomic E-state index is 0.235. The number of benzene rings is 1. The smallest absolute Gasteiger partial charge is 0.274 e. The second kappa shape index (κ2) is 7.22. The highest BCUT2D eigenvalue weighted by molar-refractivity contribution is 6.02. The van der Waals surface area contributed by atoms with Gasteiger partial charge in [0, 0.05) is 17.4 Å². The minimum Gasteiger partial charge on any atom is -0.321 e. The number of aromatic nitrogens is 1. The molecule has 0 saturated carbocycles. The van der Waals surface area contributed by atoms with Gasteiger partial charge in [-0.3, -0.25) is 4.79 Å². The maximum atomic E-state index is 12.1. The van der Waals surface area contributed by atoms with Crippen LogP contribution >= 0.6 is 0 Å². The first-order chi connectivity index (χ1) is 10.2. The van der Waals surface area contributed by atoms with E-state index in [2.05, 4.69) is 29.1 Å². The lowest BCUT2D eigenvalue weighted by Crippen LogP contribution is -2.13. The number of anilines is 1. The van der Waals surface area contributed by atoms with Crippen molar-refractivity contribution in [1.29, 1.82) is 0 Å². The quantitative estimate of drug-likeness (QED) is 0.846. The number of carbonyl (C=O) groups excluding carboxylic acids is 1. The summed E-state index contributed by atoms with van der Waals surface area (Å²) in [6.07, 6.45) is 2.50. The van der Waals surface area contributed by atoms with Gasteiger partial charge in [0.15, 0.2) is 0 Å². The van der Waals surface area contributed by atoms with Crippen LogP contribution in [0.15, 0.2) is 42.6 Å². The number of rotatable bonds is 3. The molecule has 0 aliphatic carbocycles. The molecule has 0 radical (unpaired) electrons. The second-order valence-electron chi connectivity index (χ2n) is 4.45. The molecule has 3 N–H and O–H groups in total. The molecule has 0 atom stereocenters. The largest absolute Gasteiger partial charge is 0.321 e. The van der Waals surface area contributed by atoms with Crippen molar-refractivity contribution in [2.24, 2.45) is 5.73 Å². The van der Waals surface area contributed by atoms with Crippen molar-refractivity contribution >= 4 is 11.6 Å². The Kier molecular flexibility index (Phi) is 5.08. The van der Waals surface area contributed by atoms with Gasteiger partial charge in [-0.1, -0.05) is 30.9 Å². The molecular weight excluding hydrogens is 262 g/mol. The molecule has 0 spiro atoms. The second-order valence-corrected chi connectivity index (χ2v) is 4.45. The van der Waals surface area contributed by atoms with E-state index in [9.17, 15) is 4.79 Å². The van der Waals surface area contributed by atoms with Gasteiger partial charge < -0.3 is 11.1 Å². The molecule has 106 valence electrons. The van der Waals surface area contributed by atoms with Crippen molar-refractivity contribution < 1.29 is 4.79 Å². The van der Waals surface area contributed by atoms with Gasteiger partial charge in [0.25, 0.3) is 5.91 Å². The molecule has 2 aromatic rings. The summed E-state index contributed by atoms with van der Waals surface area (Å²) in [5.41, 5.74) is 8.35. The van der Waals surface area contributed by atoms with Crippen LogP contribution in [0, 0.1) is 11.8 Å². The summed E-state index contributed by atoms with van der Waals surface area (Å²) in [4.78, 5) is 16.2. The molecule has 1 aromatic carbocycles. The fourth-order valence-corrected chi connectivity index (χ4v) is 1.82. The Morgan fingerprint density at radius 1 is 1.33 bits per heavy atom. The Balaban J connectivity index is 2.09. The fourth-order valence-electron chi connectivity index (χ4n) is 1.82. The summed E-state index contributed by atoms with van der Waals surface area (Å²) < 4.78 is 0. The molecule has 2 rings (SSSR count). The number of pyridine rings is 1. The zero-order chi connectivity index (χ0) is 15.1. The van der Waals surface area contributed by atoms with Crippen molar-refractivity contribution in [3.05, 3.63) is 59.4 Å². The third kappa shape index (κ3) is 4.16. The van der Waals surface area contributed by atoms with Crippen LogP contribution in [-0.2, 0) is 6.42 Å². The van der Waals surface area contributed by atoms with E-state index in [0.29, 0.717) is 12.2 Å². The summed E-state index contributed by atoms with van der Waals surface area (Å²) in [5.74, 6) is 5.37. The maximum Gasteiger partial charge on any atom is 0.274 e. The van der Waals surface area contributed by atoms with Gasteiger partial charge in [0.05, 0.1) is 6.54 Å². The topological polar surface area (TPSA) is 68.0 Å². The van der Waals surface area contributed by atoms with Crippen molar-refractivity contribution in [3.63, 3.8) is 0 Å². The number of carbonyl (C=O) groups is 1. The number of nitrogens with zero attached hydrogens (tertiary/aromatic N) is 1. The third-order valence-corrected chi connectivity index (χ3v) is 2.92. The van der Waals surface area contributed by atoms with Gasteiger partial charge in [-0.25, -0.2) is 4.98 Å². The summed E-state index contributed by atoms with van der Waals surface area (Å²) in [7, 11) is 0. The maximum absolute atomic E-state index is 12.1. The molecule has 4 nitrogen and oxygen atoms in total. The van der Waals surface area contributed by atoms with Crippen molar-refractivity contribution in [3.8, 4) is 11.8 Å². The molecule has 4 heteroatoms. The van der Waals surface area contributed by atoms with Crippen LogP contribution in [-0.4, -0.2) is 17.4 Å². The molecule has 1 aromatic heterocycles. The fraction of sp³-hybridized carbons (Fsp3) is 0.176. The molecule has 0 aliphatic heterocycles. The van der Waals surface area contributed by atoms with E-state index in [1.807, 2.05) is 24.3 Å². The molecule has 1 heterocycles. The van der Waals surface area contributed by atoms with Gasteiger partial charge in [-0.2, -0.15) is 0 Å². The average molecular weight is 279 g/mol. The number of hydrogen-bond acceptors (Lipinski definition) is 3. The first-order valence-electron chi connectivity index (χ1n) is 6.78. The number of amides is 1. The van der Waals surface area contributed by atoms with Crippen LogP contribution in [0.1, 0.15) is 28.5 Å². The Labute approximate surface area is 124 Å². The van der Waals surface area contributed by atoms with Crippen molar-refractivity contribution in [1.82, 2.24) is 4.98 Å². The highest BCUT2D eigenvalue weighted by atomic mass is 16.1. The number of nitrogens with one attached hydrogen (secondary N) is 1. The molecule has 21 heavy (non-hydrogen) atoms. The lowest BCUT2D eigenvalue weighted by atomic mass is 10.1. The van der Waals surface area contributed by atoms with E-state index in [1.54, 1.807) is 18.3 Å². The van der Waals surface area contributed by atoms with Crippen molar-refractivity contribution in [2.45, 2.75) is 13.3 Å². The minimum atomic E-state index is -0.235. The van der Waals surface area contributed by atoms with Gasteiger partial charge in [-0.05, 0) is 36.2 Å². The summed E-state index contributed by atoms with van der Waals surface area (Å²) >= 11 is 0. The highest BCUT2D eigenvalue weighted by Crippen LogP contribution is 2.12. The SMILES string of the molecule is CCc1cccc(NC(=O)c2ccc(C#CCN)cn2)c1. The summed E-state index contributed by atoms with van der Waals surface area (Å²) in [5, 5.41) is 2.84.